The number of nitrogens with zero attached hydrogens (tertiary/aromatic N) is 1. The molecule has 15 heavy (non-hydrogen) atoms. The lowest BCUT2D eigenvalue weighted by Crippen LogP contribution is -2.10. The van der Waals surface area contributed by atoms with Crippen LogP contribution in [0, 0.1) is 6.92 Å². The lowest BCUT2D eigenvalue weighted by Gasteiger charge is -2.00. The Balaban J connectivity index is 2.40. The van der Waals surface area contributed by atoms with Crippen LogP contribution < -0.4 is 5.73 Å². The predicted molar refractivity (Wildman–Crippen MR) is 60.8 cm³/mol. The van der Waals surface area contributed by atoms with E-state index in [4.69, 9.17) is 5.73 Å². The topological polar surface area (TPSA) is 56.0 Å². The van der Waals surface area contributed by atoms with E-state index in [1.165, 1.54) is 0 Å². The van der Waals surface area contributed by atoms with Gasteiger partial charge in [0.2, 0.25) is 5.91 Å². The van der Waals surface area contributed by atoms with E-state index in [9.17, 15) is 4.79 Å². The van der Waals surface area contributed by atoms with Gasteiger partial charge in [-0.1, -0.05) is 12.1 Å². The quantitative estimate of drug-likeness (QED) is 0.840. The first kappa shape index (κ1) is 9.86. The van der Waals surface area contributed by atoms with Crippen LogP contribution in [0.4, 0.5) is 0 Å². The molecule has 2 rings (SSSR count). The van der Waals surface area contributed by atoms with Crippen molar-refractivity contribution in [1.82, 2.24) is 4.98 Å². The maximum atomic E-state index is 10.9. The van der Waals surface area contributed by atoms with Gasteiger partial charge in [-0.05, 0) is 24.6 Å². The molecule has 0 aliphatic heterocycles. The second kappa shape index (κ2) is 3.82. The van der Waals surface area contributed by atoms with Crippen molar-refractivity contribution >= 4 is 17.2 Å². The van der Waals surface area contributed by atoms with Crippen molar-refractivity contribution in [3.05, 3.63) is 41.0 Å². The second-order valence-corrected chi connectivity index (χ2v) is 4.06. The molecule has 76 valence electrons. The van der Waals surface area contributed by atoms with E-state index in [1.807, 2.05) is 24.6 Å². The molecule has 0 aliphatic rings. The summed E-state index contributed by atoms with van der Waals surface area (Å²) in [5, 5.41) is 0. The molecule has 0 saturated heterocycles. The number of carbonyl (C=O) groups excluding carboxylic acids is 1. The highest BCUT2D eigenvalue weighted by Crippen LogP contribution is 2.26. The molecule has 2 aromatic rings. The number of amides is 1. The fourth-order valence-electron chi connectivity index (χ4n) is 1.36. The summed E-state index contributed by atoms with van der Waals surface area (Å²) in [5.41, 5.74) is 9.58. The minimum atomic E-state index is -0.400. The third kappa shape index (κ3) is 1.89. The molecular formula is C11H10N2OS. The lowest BCUT2D eigenvalue weighted by molar-refractivity contribution is 0.100. The van der Waals surface area contributed by atoms with Gasteiger partial charge >= 0.3 is 0 Å². The van der Waals surface area contributed by atoms with E-state index < -0.39 is 5.91 Å². The van der Waals surface area contributed by atoms with Gasteiger partial charge in [-0.2, -0.15) is 0 Å². The van der Waals surface area contributed by atoms with E-state index in [0.717, 1.165) is 16.1 Å². The zero-order valence-electron chi connectivity index (χ0n) is 8.23. The number of nitrogens with two attached hydrogens (primary N) is 1. The monoisotopic (exact) mass is 218 g/mol. The molecule has 1 heterocycles. The van der Waals surface area contributed by atoms with Gasteiger partial charge < -0.3 is 5.73 Å². The van der Waals surface area contributed by atoms with Gasteiger partial charge in [0.15, 0.2) is 0 Å². The average Bonchev–Trinajstić information content (AvgIpc) is 2.65. The summed E-state index contributed by atoms with van der Waals surface area (Å²) < 4.78 is 0. The minimum absolute atomic E-state index is 0.400. The summed E-state index contributed by atoms with van der Waals surface area (Å²) in [5.74, 6) is -0.400. The number of hydrogen-bond donors (Lipinski definition) is 1. The molecule has 0 radical (unpaired) electrons. The highest BCUT2D eigenvalue weighted by molar-refractivity contribution is 7.13. The molecule has 1 aromatic heterocycles. The Bertz CT molecular complexity index is 488. The second-order valence-electron chi connectivity index (χ2n) is 3.21. The van der Waals surface area contributed by atoms with Gasteiger partial charge in [0.1, 0.15) is 0 Å². The smallest absolute Gasteiger partial charge is 0.248 e. The van der Waals surface area contributed by atoms with Crippen LogP contribution in [-0.4, -0.2) is 10.9 Å². The molecule has 1 aromatic carbocycles. The Kier molecular flexibility index (Phi) is 2.51. The first-order valence-corrected chi connectivity index (χ1v) is 5.37. The van der Waals surface area contributed by atoms with Crippen molar-refractivity contribution in [3.8, 4) is 10.4 Å². The van der Waals surface area contributed by atoms with E-state index in [-0.39, 0.29) is 0 Å². The number of thiazole rings is 1. The molecule has 4 heteroatoms. The number of primary amides is 1. The Morgan fingerprint density at radius 3 is 2.47 bits per heavy atom. The zero-order chi connectivity index (χ0) is 10.8. The van der Waals surface area contributed by atoms with E-state index >= 15 is 0 Å². The van der Waals surface area contributed by atoms with Crippen LogP contribution in [0.25, 0.3) is 10.4 Å². The standard InChI is InChI=1S/C11H10N2OS/c1-7-10(15-6-13-7)8-2-4-9(5-3-8)11(12)14/h2-6H,1H3,(H2,12,14). The number of hydrogen-bond acceptors (Lipinski definition) is 3. The summed E-state index contributed by atoms with van der Waals surface area (Å²) >= 11 is 1.59. The zero-order valence-corrected chi connectivity index (χ0v) is 9.04. The highest BCUT2D eigenvalue weighted by Gasteiger charge is 2.05. The average molecular weight is 218 g/mol. The van der Waals surface area contributed by atoms with Gasteiger partial charge in [0.05, 0.1) is 16.1 Å². The predicted octanol–water partition coefficient (Wildman–Crippen LogP) is 2.22. The molecule has 2 N–H and O–H groups in total. The van der Waals surface area contributed by atoms with Gasteiger partial charge in [0.25, 0.3) is 0 Å². The van der Waals surface area contributed by atoms with Crippen molar-refractivity contribution in [2.75, 3.05) is 0 Å². The summed E-state index contributed by atoms with van der Waals surface area (Å²) in [6.07, 6.45) is 0. The number of aromatic nitrogens is 1. The summed E-state index contributed by atoms with van der Waals surface area (Å²) in [4.78, 5) is 16.2. The van der Waals surface area contributed by atoms with Crippen molar-refractivity contribution in [2.24, 2.45) is 5.73 Å². The molecule has 1 amide bonds. The normalized spacial score (nSPS) is 10.2. The molecule has 0 spiro atoms. The maximum absolute atomic E-state index is 10.9. The first-order chi connectivity index (χ1) is 7.18. The van der Waals surface area contributed by atoms with Crippen molar-refractivity contribution in [1.29, 1.82) is 0 Å². The summed E-state index contributed by atoms with van der Waals surface area (Å²) in [7, 11) is 0. The molecule has 0 atom stereocenters. The number of aryl methyl sites for hydroxylation is 1. The molecule has 0 bridgehead atoms. The number of carbonyl (C=O) groups is 1. The van der Waals surface area contributed by atoms with Crippen LogP contribution in [0.1, 0.15) is 16.1 Å². The minimum Gasteiger partial charge on any atom is -0.366 e. The Hall–Kier alpha value is -1.68. The SMILES string of the molecule is Cc1ncsc1-c1ccc(C(N)=O)cc1. The third-order valence-corrected chi connectivity index (χ3v) is 3.15. The molecule has 0 aliphatic carbocycles. The third-order valence-electron chi connectivity index (χ3n) is 2.18. The molecule has 0 fully saturated rings. The number of rotatable bonds is 2. The lowest BCUT2D eigenvalue weighted by atomic mass is 10.1. The fourth-order valence-corrected chi connectivity index (χ4v) is 2.18. The Labute approximate surface area is 91.6 Å². The van der Waals surface area contributed by atoms with Gasteiger partial charge in [-0.3, -0.25) is 4.79 Å². The van der Waals surface area contributed by atoms with Crippen molar-refractivity contribution in [3.63, 3.8) is 0 Å². The van der Waals surface area contributed by atoms with Crippen LogP contribution in [0.3, 0.4) is 0 Å². The fraction of sp³-hybridized carbons (Fsp3) is 0.0909. The van der Waals surface area contributed by atoms with Gasteiger partial charge in [0, 0.05) is 5.56 Å². The van der Waals surface area contributed by atoms with E-state index in [1.54, 1.807) is 23.5 Å². The molecule has 0 saturated carbocycles. The van der Waals surface area contributed by atoms with Gasteiger partial charge in [-0.25, -0.2) is 4.98 Å². The van der Waals surface area contributed by atoms with Crippen LogP contribution >= 0.6 is 11.3 Å². The van der Waals surface area contributed by atoms with Crippen LogP contribution in [0.5, 0.6) is 0 Å². The first-order valence-electron chi connectivity index (χ1n) is 4.49. The maximum Gasteiger partial charge on any atom is 0.248 e. The Morgan fingerprint density at radius 1 is 1.33 bits per heavy atom. The molecule has 3 nitrogen and oxygen atoms in total. The van der Waals surface area contributed by atoms with Gasteiger partial charge in [-0.15, -0.1) is 11.3 Å². The van der Waals surface area contributed by atoms with E-state index in [2.05, 4.69) is 4.98 Å². The van der Waals surface area contributed by atoms with Crippen LogP contribution in [0.2, 0.25) is 0 Å². The largest absolute Gasteiger partial charge is 0.366 e. The summed E-state index contributed by atoms with van der Waals surface area (Å²) in [6, 6.07) is 7.24. The highest BCUT2D eigenvalue weighted by atomic mass is 32.1. The molecule has 0 unspecified atom stereocenters. The Morgan fingerprint density at radius 2 is 2.00 bits per heavy atom. The number of benzene rings is 1. The van der Waals surface area contributed by atoms with Crippen molar-refractivity contribution in [2.45, 2.75) is 6.92 Å². The van der Waals surface area contributed by atoms with Crippen LogP contribution in [0.15, 0.2) is 29.8 Å². The molecular weight excluding hydrogens is 208 g/mol. The van der Waals surface area contributed by atoms with Crippen molar-refractivity contribution < 1.29 is 4.79 Å². The van der Waals surface area contributed by atoms with Crippen LogP contribution in [-0.2, 0) is 0 Å². The van der Waals surface area contributed by atoms with E-state index in [0.29, 0.717) is 5.56 Å². The summed E-state index contributed by atoms with van der Waals surface area (Å²) in [6.45, 7) is 1.97.